The summed E-state index contributed by atoms with van der Waals surface area (Å²) in [5.41, 5.74) is 0.383. The molecule has 2 rings (SSSR count). The summed E-state index contributed by atoms with van der Waals surface area (Å²) in [5.74, 6) is -0.664. The Morgan fingerprint density at radius 1 is 1.42 bits per heavy atom. The molecule has 2 amide bonds. The van der Waals surface area contributed by atoms with E-state index in [0.717, 1.165) is 0 Å². The van der Waals surface area contributed by atoms with Gasteiger partial charge < -0.3 is 20.4 Å². The van der Waals surface area contributed by atoms with E-state index in [-0.39, 0.29) is 24.4 Å². The quantitative estimate of drug-likeness (QED) is 0.747. The number of likely N-dealkylation sites (tertiary alicyclic amines) is 1. The first-order valence-electron chi connectivity index (χ1n) is 8.75. The number of nitrogens with one attached hydrogen (secondary N) is 1. The van der Waals surface area contributed by atoms with Gasteiger partial charge in [-0.25, -0.2) is 9.18 Å². The Morgan fingerprint density at radius 2 is 2.08 bits per heavy atom. The van der Waals surface area contributed by atoms with Crippen molar-refractivity contribution in [2.24, 2.45) is 5.41 Å². The largest absolute Gasteiger partial charge is 0.465 e. The first-order valence-corrected chi connectivity index (χ1v) is 8.75. The smallest absolute Gasteiger partial charge is 0.404 e. The number of aryl methyl sites for hydroxylation is 1. The highest BCUT2D eigenvalue weighted by molar-refractivity contribution is 5.79. The molecule has 1 aliphatic heterocycles. The van der Waals surface area contributed by atoms with Crippen molar-refractivity contribution in [1.82, 2.24) is 10.2 Å². The number of rotatable bonds is 5. The highest BCUT2D eigenvalue weighted by Gasteiger charge is 2.45. The summed E-state index contributed by atoms with van der Waals surface area (Å²) >= 11 is 0. The molecule has 0 aliphatic carbocycles. The van der Waals surface area contributed by atoms with Crippen molar-refractivity contribution < 1.29 is 24.2 Å². The van der Waals surface area contributed by atoms with Gasteiger partial charge in [0.15, 0.2) is 0 Å². The summed E-state index contributed by atoms with van der Waals surface area (Å²) in [6, 6.07) is 3.53. The SMILES string of the molecule is Cc1cccc(F)c1C(O)C1CCC(=O)N1C(CNC(=O)O)C(C)(C)C. The van der Waals surface area contributed by atoms with Gasteiger partial charge in [0.2, 0.25) is 5.91 Å². The predicted molar refractivity (Wildman–Crippen MR) is 95.2 cm³/mol. The number of carbonyl (C=O) groups excluding carboxylic acids is 1. The molecular formula is C19H27FN2O4. The molecular weight excluding hydrogens is 339 g/mol. The van der Waals surface area contributed by atoms with Gasteiger partial charge in [-0.1, -0.05) is 32.9 Å². The van der Waals surface area contributed by atoms with Crippen molar-refractivity contribution in [3.63, 3.8) is 0 Å². The molecule has 7 heteroatoms. The lowest BCUT2D eigenvalue weighted by Gasteiger charge is -2.42. The van der Waals surface area contributed by atoms with Crippen LogP contribution in [0.25, 0.3) is 0 Å². The zero-order valence-corrected chi connectivity index (χ0v) is 15.6. The van der Waals surface area contributed by atoms with Crippen LogP contribution in [0.4, 0.5) is 9.18 Å². The average Bonchev–Trinajstić information content (AvgIpc) is 2.87. The van der Waals surface area contributed by atoms with Crippen LogP contribution in [0, 0.1) is 18.2 Å². The minimum absolute atomic E-state index is 0.0457. The third kappa shape index (κ3) is 4.15. The zero-order valence-electron chi connectivity index (χ0n) is 15.6. The standard InChI is InChI=1S/C19H27FN2O4/c1-11-6-5-7-12(20)16(11)17(24)13-8-9-15(23)22(13)14(19(2,3)4)10-21-18(25)26/h5-7,13-14,17,21,24H,8-10H2,1-4H3,(H,25,26). The fourth-order valence-corrected chi connectivity index (χ4v) is 3.66. The minimum atomic E-state index is -1.17. The molecule has 1 fully saturated rings. The Morgan fingerprint density at radius 3 is 2.62 bits per heavy atom. The van der Waals surface area contributed by atoms with Gasteiger partial charge in [0.05, 0.1) is 12.1 Å². The van der Waals surface area contributed by atoms with E-state index in [2.05, 4.69) is 5.32 Å². The van der Waals surface area contributed by atoms with Crippen LogP contribution in [0.15, 0.2) is 18.2 Å². The number of amides is 2. The van der Waals surface area contributed by atoms with E-state index in [0.29, 0.717) is 12.0 Å². The van der Waals surface area contributed by atoms with Crippen molar-refractivity contribution in [2.75, 3.05) is 6.54 Å². The molecule has 1 heterocycles. The van der Waals surface area contributed by atoms with E-state index in [1.165, 1.54) is 6.07 Å². The van der Waals surface area contributed by atoms with Crippen LogP contribution >= 0.6 is 0 Å². The summed E-state index contributed by atoms with van der Waals surface area (Å²) in [6.45, 7) is 7.49. The van der Waals surface area contributed by atoms with Gasteiger partial charge in [-0.05, 0) is 30.4 Å². The van der Waals surface area contributed by atoms with Crippen molar-refractivity contribution in [2.45, 2.75) is 58.7 Å². The van der Waals surface area contributed by atoms with Crippen LogP contribution < -0.4 is 5.32 Å². The molecule has 0 spiro atoms. The second kappa shape index (κ2) is 7.61. The molecule has 26 heavy (non-hydrogen) atoms. The van der Waals surface area contributed by atoms with Gasteiger partial charge in [0.25, 0.3) is 0 Å². The van der Waals surface area contributed by atoms with Crippen molar-refractivity contribution in [3.05, 3.63) is 35.1 Å². The molecule has 144 valence electrons. The topological polar surface area (TPSA) is 89.9 Å². The summed E-state index contributed by atoms with van der Waals surface area (Å²) in [4.78, 5) is 25.1. The second-order valence-electron chi connectivity index (χ2n) is 7.89. The summed E-state index contributed by atoms with van der Waals surface area (Å²) in [6.07, 6.45) is -1.70. The third-order valence-corrected chi connectivity index (χ3v) is 5.01. The van der Waals surface area contributed by atoms with Crippen molar-refractivity contribution >= 4 is 12.0 Å². The number of hydrogen-bond acceptors (Lipinski definition) is 3. The second-order valence-corrected chi connectivity index (χ2v) is 7.89. The van der Waals surface area contributed by atoms with Crippen LogP contribution in [-0.4, -0.2) is 45.7 Å². The van der Waals surface area contributed by atoms with Gasteiger partial charge in [-0.2, -0.15) is 0 Å². The molecule has 3 unspecified atom stereocenters. The molecule has 1 aliphatic rings. The first-order chi connectivity index (χ1) is 12.0. The van der Waals surface area contributed by atoms with Gasteiger partial charge in [0, 0.05) is 18.5 Å². The van der Waals surface area contributed by atoms with Crippen LogP contribution in [0.5, 0.6) is 0 Å². The lowest BCUT2D eigenvalue weighted by atomic mass is 9.84. The number of aliphatic hydroxyl groups excluding tert-OH is 1. The fourth-order valence-electron chi connectivity index (χ4n) is 3.66. The molecule has 3 N–H and O–H groups in total. The Balaban J connectivity index is 2.38. The van der Waals surface area contributed by atoms with E-state index in [4.69, 9.17) is 5.11 Å². The molecule has 1 saturated heterocycles. The van der Waals surface area contributed by atoms with Gasteiger partial charge >= 0.3 is 6.09 Å². The first kappa shape index (κ1) is 20.2. The van der Waals surface area contributed by atoms with Gasteiger partial charge in [-0.3, -0.25) is 4.79 Å². The summed E-state index contributed by atoms with van der Waals surface area (Å²) in [5, 5.41) is 22.2. The van der Waals surface area contributed by atoms with E-state index >= 15 is 0 Å². The number of aliphatic hydroxyl groups is 1. The van der Waals surface area contributed by atoms with E-state index < -0.39 is 35.5 Å². The highest BCUT2D eigenvalue weighted by Crippen LogP contribution is 2.38. The summed E-state index contributed by atoms with van der Waals surface area (Å²) in [7, 11) is 0. The fraction of sp³-hybridized carbons (Fsp3) is 0.579. The Labute approximate surface area is 153 Å². The van der Waals surface area contributed by atoms with E-state index in [1.54, 1.807) is 24.0 Å². The molecule has 1 aromatic carbocycles. The number of carbonyl (C=O) groups is 2. The number of nitrogens with zero attached hydrogens (tertiary/aromatic N) is 1. The van der Waals surface area contributed by atoms with Gasteiger partial charge in [-0.15, -0.1) is 0 Å². The maximum atomic E-state index is 14.3. The zero-order chi connectivity index (χ0) is 19.6. The highest BCUT2D eigenvalue weighted by atomic mass is 19.1. The van der Waals surface area contributed by atoms with Crippen LogP contribution in [0.1, 0.15) is 50.8 Å². The lowest BCUT2D eigenvalue weighted by molar-refractivity contribution is -0.136. The molecule has 0 saturated carbocycles. The van der Waals surface area contributed by atoms with Crippen LogP contribution in [0.2, 0.25) is 0 Å². The normalized spacial score (nSPS) is 20.2. The van der Waals surface area contributed by atoms with E-state index in [1.807, 2.05) is 20.8 Å². The Kier molecular flexibility index (Phi) is 5.91. The van der Waals surface area contributed by atoms with Crippen LogP contribution in [-0.2, 0) is 4.79 Å². The Hall–Kier alpha value is -2.15. The van der Waals surface area contributed by atoms with Gasteiger partial charge in [0.1, 0.15) is 11.9 Å². The van der Waals surface area contributed by atoms with Crippen LogP contribution in [0.3, 0.4) is 0 Å². The van der Waals surface area contributed by atoms with Crippen molar-refractivity contribution in [3.8, 4) is 0 Å². The molecule has 1 aromatic rings. The van der Waals surface area contributed by atoms with Crippen molar-refractivity contribution in [1.29, 1.82) is 0 Å². The molecule has 6 nitrogen and oxygen atoms in total. The molecule has 0 radical (unpaired) electrons. The average molecular weight is 366 g/mol. The molecule has 3 atom stereocenters. The maximum absolute atomic E-state index is 14.3. The minimum Gasteiger partial charge on any atom is -0.465 e. The predicted octanol–water partition coefficient (Wildman–Crippen LogP) is 2.84. The monoisotopic (exact) mass is 366 g/mol. The Bertz CT molecular complexity index is 666. The number of halogens is 1. The molecule has 0 bridgehead atoms. The summed E-state index contributed by atoms with van der Waals surface area (Å²) < 4.78 is 14.3. The third-order valence-electron chi connectivity index (χ3n) is 5.01. The van der Waals surface area contributed by atoms with E-state index in [9.17, 15) is 19.1 Å². The number of hydrogen-bond donors (Lipinski definition) is 3. The number of carboxylic acid groups (broad SMARTS) is 1. The lowest BCUT2D eigenvalue weighted by Crippen LogP contribution is -2.55. The number of benzene rings is 1. The molecule has 0 aromatic heterocycles. The maximum Gasteiger partial charge on any atom is 0.404 e.